The minimum absolute atomic E-state index is 0.0750. The summed E-state index contributed by atoms with van der Waals surface area (Å²) in [4.78, 5) is 24.6. The summed E-state index contributed by atoms with van der Waals surface area (Å²) in [5.74, 6) is 0.106. The molecule has 2 rings (SSSR count). The zero-order valence-corrected chi connectivity index (χ0v) is 11.0. The van der Waals surface area contributed by atoms with Crippen LogP contribution in [0.1, 0.15) is 30.6 Å². The average molecular weight is 263 g/mol. The number of nitrogens with two attached hydrogens (primary N) is 1. The van der Waals surface area contributed by atoms with Gasteiger partial charge >= 0.3 is 0 Å². The van der Waals surface area contributed by atoms with Crippen LogP contribution >= 0.6 is 0 Å². The molecule has 1 amide bonds. The van der Waals surface area contributed by atoms with Gasteiger partial charge < -0.3 is 10.6 Å². The van der Waals surface area contributed by atoms with Crippen molar-refractivity contribution in [1.82, 2.24) is 4.90 Å². The molecule has 2 N–H and O–H groups in total. The molecule has 1 heterocycles. The highest BCUT2D eigenvalue weighted by molar-refractivity contribution is 5.99. The number of amides is 1. The molecule has 1 aliphatic rings. The average Bonchev–Trinajstić information content (AvgIpc) is 2.67. The highest BCUT2D eigenvalue weighted by Gasteiger charge is 2.33. The van der Waals surface area contributed by atoms with E-state index in [1.54, 1.807) is 4.90 Å². The van der Waals surface area contributed by atoms with Crippen LogP contribution < -0.4 is 5.73 Å². The van der Waals surface area contributed by atoms with Gasteiger partial charge in [-0.3, -0.25) is 14.9 Å². The lowest BCUT2D eigenvalue weighted by atomic mass is 10.1. The van der Waals surface area contributed by atoms with E-state index in [2.05, 4.69) is 6.92 Å². The quantitative estimate of drug-likeness (QED) is 0.502. The third-order valence-corrected chi connectivity index (χ3v) is 3.49. The molecule has 0 radical (unpaired) electrons. The summed E-state index contributed by atoms with van der Waals surface area (Å²) in [5, 5.41) is 11.0. The molecule has 1 fully saturated rings. The number of benzene rings is 1. The molecule has 6 nitrogen and oxygen atoms in total. The minimum atomic E-state index is -0.545. The fraction of sp³-hybridized carbons (Fsp3) is 0.462. The number of hydrogen-bond donors (Lipinski definition) is 1. The Kier molecular flexibility index (Phi) is 3.42. The van der Waals surface area contributed by atoms with Crippen LogP contribution in [-0.2, 0) is 0 Å². The molecule has 2 unspecified atom stereocenters. The number of carbonyl (C=O) groups is 1. The topological polar surface area (TPSA) is 89.5 Å². The molecule has 0 saturated carbocycles. The van der Waals surface area contributed by atoms with Gasteiger partial charge in [0.2, 0.25) is 0 Å². The third kappa shape index (κ3) is 2.52. The van der Waals surface area contributed by atoms with Crippen molar-refractivity contribution in [1.29, 1.82) is 0 Å². The molecule has 1 aromatic rings. The Hall–Kier alpha value is -2.11. The molecule has 0 aliphatic carbocycles. The summed E-state index contributed by atoms with van der Waals surface area (Å²) >= 11 is 0. The van der Waals surface area contributed by atoms with Gasteiger partial charge in [0.15, 0.2) is 0 Å². The van der Waals surface area contributed by atoms with Gasteiger partial charge in [-0.25, -0.2) is 0 Å². The first-order valence-electron chi connectivity index (χ1n) is 6.25. The Morgan fingerprint density at radius 2 is 2.16 bits per heavy atom. The van der Waals surface area contributed by atoms with Gasteiger partial charge in [-0.05, 0) is 31.4 Å². The zero-order chi connectivity index (χ0) is 14.2. The lowest BCUT2D eigenvalue weighted by molar-refractivity contribution is -0.385. The van der Waals surface area contributed by atoms with Crippen LogP contribution in [0.2, 0.25) is 0 Å². The number of carbonyl (C=O) groups excluding carboxylic acids is 1. The van der Waals surface area contributed by atoms with Crippen molar-refractivity contribution in [3.8, 4) is 0 Å². The molecule has 0 bridgehead atoms. The second kappa shape index (κ2) is 4.87. The molecule has 1 aliphatic heterocycles. The predicted octanol–water partition coefficient (Wildman–Crippen LogP) is 2.05. The summed E-state index contributed by atoms with van der Waals surface area (Å²) in [6.07, 6.45) is 0.919. The molecule has 1 aromatic carbocycles. The van der Waals surface area contributed by atoms with Crippen molar-refractivity contribution in [3.63, 3.8) is 0 Å². The Balaban J connectivity index is 2.38. The van der Waals surface area contributed by atoms with Gasteiger partial charge in [0, 0.05) is 24.3 Å². The highest BCUT2D eigenvalue weighted by atomic mass is 16.6. The first kappa shape index (κ1) is 13.3. The van der Waals surface area contributed by atoms with Crippen molar-refractivity contribution >= 4 is 17.3 Å². The minimum Gasteiger partial charge on any atom is -0.399 e. The Morgan fingerprint density at radius 1 is 1.47 bits per heavy atom. The lowest BCUT2D eigenvalue weighted by Crippen LogP contribution is -2.34. The van der Waals surface area contributed by atoms with Crippen molar-refractivity contribution in [2.24, 2.45) is 5.92 Å². The molecule has 2 atom stereocenters. The van der Waals surface area contributed by atoms with Crippen LogP contribution in [0.15, 0.2) is 18.2 Å². The Labute approximate surface area is 111 Å². The van der Waals surface area contributed by atoms with E-state index in [4.69, 9.17) is 5.73 Å². The number of nitrogens with zero attached hydrogens (tertiary/aromatic N) is 2. The number of rotatable bonds is 2. The Bertz CT molecular complexity index is 530. The molecule has 19 heavy (non-hydrogen) atoms. The summed E-state index contributed by atoms with van der Waals surface area (Å²) in [7, 11) is 0. The van der Waals surface area contributed by atoms with Gasteiger partial charge in [0.25, 0.3) is 11.6 Å². The van der Waals surface area contributed by atoms with Crippen LogP contribution in [0.5, 0.6) is 0 Å². The van der Waals surface area contributed by atoms with Crippen molar-refractivity contribution in [3.05, 3.63) is 33.9 Å². The van der Waals surface area contributed by atoms with Gasteiger partial charge in [-0.1, -0.05) is 6.92 Å². The predicted molar refractivity (Wildman–Crippen MR) is 71.8 cm³/mol. The number of nitrogen functional groups attached to an aromatic ring is 1. The van der Waals surface area contributed by atoms with Crippen LogP contribution in [0.4, 0.5) is 11.4 Å². The lowest BCUT2D eigenvalue weighted by Gasteiger charge is -2.21. The van der Waals surface area contributed by atoms with E-state index >= 15 is 0 Å². The van der Waals surface area contributed by atoms with Crippen LogP contribution in [0, 0.1) is 16.0 Å². The van der Waals surface area contributed by atoms with E-state index in [1.165, 1.54) is 18.2 Å². The normalized spacial score (nSPS) is 22.5. The van der Waals surface area contributed by atoms with E-state index < -0.39 is 4.92 Å². The van der Waals surface area contributed by atoms with Crippen molar-refractivity contribution in [2.75, 3.05) is 12.3 Å². The Morgan fingerprint density at radius 3 is 2.68 bits per heavy atom. The van der Waals surface area contributed by atoms with E-state index in [-0.39, 0.29) is 23.2 Å². The van der Waals surface area contributed by atoms with Gasteiger partial charge in [0.05, 0.1) is 4.92 Å². The maximum absolute atomic E-state index is 12.4. The van der Waals surface area contributed by atoms with E-state index in [1.807, 2.05) is 6.92 Å². The molecular formula is C13H17N3O3. The molecule has 1 saturated heterocycles. The number of nitro benzene ring substituents is 1. The first-order valence-corrected chi connectivity index (χ1v) is 6.25. The second-order valence-electron chi connectivity index (χ2n) is 5.18. The monoisotopic (exact) mass is 263 g/mol. The second-order valence-corrected chi connectivity index (χ2v) is 5.18. The molecule has 0 aromatic heterocycles. The first-order chi connectivity index (χ1) is 8.90. The maximum atomic E-state index is 12.4. The third-order valence-electron chi connectivity index (χ3n) is 3.49. The van der Waals surface area contributed by atoms with Gasteiger partial charge in [-0.2, -0.15) is 0 Å². The van der Waals surface area contributed by atoms with Crippen molar-refractivity contribution < 1.29 is 9.72 Å². The summed E-state index contributed by atoms with van der Waals surface area (Å²) in [6, 6.07) is 4.21. The number of anilines is 1. The molecule has 0 spiro atoms. The van der Waals surface area contributed by atoms with Gasteiger partial charge in [-0.15, -0.1) is 0 Å². The summed E-state index contributed by atoms with van der Waals surface area (Å²) < 4.78 is 0. The van der Waals surface area contributed by atoms with Crippen molar-refractivity contribution in [2.45, 2.75) is 26.3 Å². The van der Waals surface area contributed by atoms with E-state index in [0.717, 1.165) is 6.42 Å². The fourth-order valence-corrected chi connectivity index (χ4v) is 2.62. The summed E-state index contributed by atoms with van der Waals surface area (Å²) in [6.45, 7) is 4.66. The SMILES string of the molecule is CC1CC(C)N(C(=O)c2cc(N)ccc2[N+](=O)[O-])C1. The van der Waals surface area contributed by atoms with Gasteiger partial charge in [0.1, 0.15) is 5.56 Å². The number of likely N-dealkylation sites (tertiary alicyclic amines) is 1. The number of nitro groups is 1. The smallest absolute Gasteiger partial charge is 0.282 e. The van der Waals surface area contributed by atoms with Crippen LogP contribution in [0.3, 0.4) is 0 Å². The molecular weight excluding hydrogens is 246 g/mol. The largest absolute Gasteiger partial charge is 0.399 e. The van der Waals surface area contributed by atoms with E-state index in [0.29, 0.717) is 18.2 Å². The molecule has 6 heteroatoms. The zero-order valence-electron chi connectivity index (χ0n) is 11.0. The van der Waals surface area contributed by atoms with Crippen LogP contribution in [0.25, 0.3) is 0 Å². The maximum Gasteiger partial charge on any atom is 0.282 e. The standard InChI is InChI=1S/C13H17N3O3/c1-8-5-9(2)15(7-8)13(17)11-6-10(14)3-4-12(11)16(18)19/h3-4,6,8-9H,5,7,14H2,1-2H3. The van der Waals surface area contributed by atoms with E-state index in [9.17, 15) is 14.9 Å². The number of hydrogen-bond acceptors (Lipinski definition) is 4. The molecule has 102 valence electrons. The fourth-order valence-electron chi connectivity index (χ4n) is 2.62. The van der Waals surface area contributed by atoms with Crippen LogP contribution in [-0.4, -0.2) is 28.3 Å². The highest BCUT2D eigenvalue weighted by Crippen LogP contribution is 2.28. The summed E-state index contributed by atoms with van der Waals surface area (Å²) in [5.41, 5.74) is 5.87.